The van der Waals surface area contributed by atoms with Crippen LogP contribution in [0.15, 0.2) is 53.6 Å². The first-order chi connectivity index (χ1) is 26.2. The normalized spacial score (nSPS) is 16.8. The molecule has 1 atom stereocenters. The fourth-order valence-electron chi connectivity index (χ4n) is 6.70. The van der Waals surface area contributed by atoms with Crippen LogP contribution in [0, 0.1) is 6.92 Å². The summed E-state index contributed by atoms with van der Waals surface area (Å²) in [6.45, 7) is 11.6. The number of piperazine rings is 1. The highest BCUT2D eigenvalue weighted by molar-refractivity contribution is 7.86. The lowest BCUT2D eigenvalue weighted by Crippen LogP contribution is -2.46. The number of rotatable bonds is 16. The van der Waals surface area contributed by atoms with Gasteiger partial charge < -0.3 is 23.7 Å². The zero-order valence-corrected chi connectivity index (χ0v) is 32.8. The highest BCUT2D eigenvalue weighted by Crippen LogP contribution is 2.37. The van der Waals surface area contributed by atoms with Crippen LogP contribution in [-0.4, -0.2) is 132 Å². The van der Waals surface area contributed by atoms with Gasteiger partial charge in [0.2, 0.25) is 0 Å². The van der Waals surface area contributed by atoms with Crippen LogP contribution >= 0.6 is 11.3 Å². The average molecular weight is 800 g/mol. The SMILES string of the molecule is CCOS(=O)(=O)c1ccc(C)cc1OCCOCCn1ncc2c(-c3nc(N4CCOCC4)c4sc(CN5CCN(CS(=O)O)CC5)cc4n3)cccc21. The molecule has 0 bridgehead atoms. The predicted molar refractivity (Wildman–Crippen MR) is 208 cm³/mol. The lowest BCUT2D eigenvalue weighted by atomic mass is 10.1. The average Bonchev–Trinajstić information content (AvgIpc) is 3.77. The zero-order valence-electron chi connectivity index (χ0n) is 30.4. The van der Waals surface area contributed by atoms with E-state index in [1.807, 2.05) is 40.9 Å². The molecule has 3 aromatic heterocycles. The van der Waals surface area contributed by atoms with E-state index in [9.17, 15) is 17.2 Å². The molecule has 0 aliphatic carbocycles. The fourth-order valence-corrected chi connectivity index (χ4v) is 9.46. The van der Waals surface area contributed by atoms with Gasteiger partial charge in [-0.25, -0.2) is 14.2 Å². The molecular formula is C36H45N7O8S3. The number of nitrogens with zero attached hydrogens (tertiary/aromatic N) is 7. The molecule has 5 aromatic rings. The standard InChI is InChI=1S/C36H45N7O8S3/c1-3-51-54(46,47)33-8-7-26(2)21-32(33)50-20-19-49-18-15-43-31-6-4-5-28(29(31)23-37-43)35-38-30-22-27(24-40-9-11-41(12-10-40)25-53(44)45)52-34(30)36(39-35)42-13-16-48-17-14-42/h4-8,21-23H,3,9-20,24-25H2,1-2H3,(H,44,45). The van der Waals surface area contributed by atoms with E-state index in [0.717, 1.165) is 83.9 Å². The first-order valence-corrected chi connectivity index (χ1v) is 21.5. The third-order valence-electron chi connectivity index (χ3n) is 9.36. The largest absolute Gasteiger partial charge is 0.490 e. The maximum atomic E-state index is 12.5. The summed E-state index contributed by atoms with van der Waals surface area (Å²) in [5.41, 5.74) is 3.61. The highest BCUT2D eigenvalue weighted by Gasteiger charge is 2.24. The minimum atomic E-state index is -3.92. The molecule has 2 saturated heterocycles. The van der Waals surface area contributed by atoms with E-state index in [1.54, 1.807) is 30.4 Å². The van der Waals surface area contributed by atoms with Crippen molar-refractivity contribution in [1.82, 2.24) is 29.5 Å². The molecule has 0 amide bonds. The van der Waals surface area contributed by atoms with Crippen molar-refractivity contribution in [2.24, 2.45) is 0 Å². The minimum absolute atomic E-state index is 0.000737. The summed E-state index contributed by atoms with van der Waals surface area (Å²) >= 11 is -0.0900. The van der Waals surface area contributed by atoms with Crippen molar-refractivity contribution in [3.8, 4) is 17.1 Å². The minimum Gasteiger partial charge on any atom is -0.490 e. The summed E-state index contributed by atoms with van der Waals surface area (Å²) in [5.74, 6) is 1.98. The van der Waals surface area contributed by atoms with E-state index in [-0.39, 0.29) is 36.3 Å². The molecular weight excluding hydrogens is 755 g/mol. The van der Waals surface area contributed by atoms with Crippen LogP contribution in [0.4, 0.5) is 5.82 Å². The van der Waals surface area contributed by atoms with Crippen molar-refractivity contribution in [3.63, 3.8) is 0 Å². The van der Waals surface area contributed by atoms with Gasteiger partial charge in [-0.05, 0) is 43.7 Å². The molecule has 7 rings (SSSR count). The van der Waals surface area contributed by atoms with Crippen molar-refractivity contribution in [3.05, 3.63) is 59.1 Å². The summed E-state index contributed by atoms with van der Waals surface area (Å²) in [5, 5.41) is 5.62. The van der Waals surface area contributed by atoms with Crippen LogP contribution in [0.5, 0.6) is 5.75 Å². The Labute approximate surface area is 321 Å². The Kier molecular flexibility index (Phi) is 12.5. The number of benzene rings is 2. The first-order valence-electron chi connectivity index (χ1n) is 18.0. The molecule has 2 aliphatic rings. The summed E-state index contributed by atoms with van der Waals surface area (Å²) in [6.07, 6.45) is 1.85. The molecule has 290 valence electrons. The third-order valence-corrected chi connectivity index (χ3v) is 12.5. The Balaban J connectivity index is 1.04. The smallest absolute Gasteiger partial charge is 0.300 e. The Morgan fingerprint density at radius 1 is 0.981 bits per heavy atom. The molecule has 0 radical (unpaired) electrons. The van der Waals surface area contributed by atoms with Gasteiger partial charge in [-0.1, -0.05) is 18.2 Å². The summed E-state index contributed by atoms with van der Waals surface area (Å²) in [7, 11) is -3.92. The molecule has 1 unspecified atom stereocenters. The molecule has 54 heavy (non-hydrogen) atoms. The van der Waals surface area contributed by atoms with Crippen LogP contribution in [0.1, 0.15) is 17.4 Å². The number of anilines is 1. The number of aryl methyl sites for hydroxylation is 1. The molecule has 1 N–H and O–H groups in total. The number of hydrogen-bond acceptors (Lipinski definition) is 14. The molecule has 18 heteroatoms. The van der Waals surface area contributed by atoms with Crippen molar-refractivity contribution >= 4 is 59.5 Å². The van der Waals surface area contributed by atoms with Crippen LogP contribution in [0.25, 0.3) is 32.5 Å². The topological polar surface area (TPSA) is 162 Å². The number of morpholine rings is 1. The highest BCUT2D eigenvalue weighted by atomic mass is 32.2. The second kappa shape index (κ2) is 17.5. The number of thiophene rings is 1. The van der Waals surface area contributed by atoms with Gasteiger partial charge in [0, 0.05) is 61.6 Å². The second-order valence-corrected chi connectivity index (χ2v) is 16.7. The van der Waals surface area contributed by atoms with Crippen LogP contribution in [0.2, 0.25) is 0 Å². The molecule has 5 heterocycles. The van der Waals surface area contributed by atoms with Crippen molar-refractivity contribution in [2.75, 3.05) is 89.7 Å². The quantitative estimate of drug-likeness (QED) is 0.0867. The molecule has 0 saturated carbocycles. The first kappa shape index (κ1) is 38.7. The Bertz CT molecular complexity index is 2200. The molecule has 2 aromatic carbocycles. The molecule has 0 spiro atoms. The monoisotopic (exact) mass is 799 g/mol. The van der Waals surface area contributed by atoms with Gasteiger partial charge in [-0.15, -0.1) is 11.3 Å². The van der Waals surface area contributed by atoms with Gasteiger partial charge in [0.05, 0.1) is 61.5 Å². The second-order valence-electron chi connectivity index (χ2n) is 13.1. The number of fused-ring (bicyclic) bond motifs is 2. The molecule has 2 aliphatic heterocycles. The van der Waals surface area contributed by atoms with E-state index < -0.39 is 21.2 Å². The van der Waals surface area contributed by atoms with Crippen molar-refractivity contribution in [2.45, 2.75) is 31.8 Å². The van der Waals surface area contributed by atoms with E-state index in [1.165, 1.54) is 10.9 Å². The van der Waals surface area contributed by atoms with Gasteiger partial charge in [-0.2, -0.15) is 13.5 Å². The lowest BCUT2D eigenvalue weighted by molar-refractivity contribution is 0.0922. The third kappa shape index (κ3) is 9.09. The molecule has 15 nitrogen and oxygen atoms in total. The molecule has 2 fully saturated rings. The lowest BCUT2D eigenvalue weighted by Gasteiger charge is -2.33. The Morgan fingerprint density at radius 3 is 2.56 bits per heavy atom. The van der Waals surface area contributed by atoms with Gasteiger partial charge >= 0.3 is 10.1 Å². The van der Waals surface area contributed by atoms with Crippen LogP contribution in [-0.2, 0) is 47.9 Å². The zero-order chi connectivity index (χ0) is 37.7. The number of ether oxygens (including phenoxy) is 3. The van der Waals surface area contributed by atoms with Gasteiger partial charge in [0.15, 0.2) is 22.7 Å². The summed E-state index contributed by atoms with van der Waals surface area (Å²) in [4.78, 5) is 18.2. The summed E-state index contributed by atoms with van der Waals surface area (Å²) in [6, 6.07) is 13.1. The number of aromatic nitrogens is 4. The predicted octanol–water partition coefficient (Wildman–Crippen LogP) is 3.97. The fraction of sp³-hybridized carbons (Fsp3) is 0.472. The van der Waals surface area contributed by atoms with Crippen LogP contribution in [0.3, 0.4) is 0 Å². The van der Waals surface area contributed by atoms with Crippen molar-refractivity contribution in [1.29, 1.82) is 0 Å². The maximum absolute atomic E-state index is 12.5. The summed E-state index contributed by atoms with van der Waals surface area (Å²) < 4.78 is 70.9. The van der Waals surface area contributed by atoms with Gasteiger partial charge in [-0.3, -0.25) is 18.7 Å². The van der Waals surface area contributed by atoms with Crippen molar-refractivity contribution < 1.29 is 35.6 Å². The Hall–Kier alpha value is -3.59. The van der Waals surface area contributed by atoms with Gasteiger partial charge in [0.25, 0.3) is 0 Å². The number of hydrogen-bond donors (Lipinski definition) is 1. The van der Waals surface area contributed by atoms with E-state index in [0.29, 0.717) is 32.2 Å². The maximum Gasteiger partial charge on any atom is 0.300 e. The van der Waals surface area contributed by atoms with Gasteiger partial charge in [0.1, 0.15) is 23.1 Å². The van der Waals surface area contributed by atoms with Crippen LogP contribution < -0.4 is 9.64 Å². The van der Waals surface area contributed by atoms with E-state index >= 15 is 0 Å². The van der Waals surface area contributed by atoms with E-state index in [4.69, 9.17) is 28.4 Å². The Morgan fingerprint density at radius 2 is 1.78 bits per heavy atom. The van der Waals surface area contributed by atoms with E-state index in [2.05, 4.69) is 21.0 Å².